The summed E-state index contributed by atoms with van der Waals surface area (Å²) in [6.45, 7) is 1.21. The van der Waals surface area contributed by atoms with E-state index in [1.165, 1.54) is 0 Å². The molecule has 3 aromatic rings. The third-order valence-electron chi connectivity index (χ3n) is 4.19. The number of nitrogens with zero attached hydrogens (tertiary/aromatic N) is 2. The number of carbonyl (C=O) groups excluding carboxylic acids is 1. The van der Waals surface area contributed by atoms with Gasteiger partial charge < -0.3 is 14.6 Å². The van der Waals surface area contributed by atoms with Crippen molar-refractivity contribution in [3.05, 3.63) is 54.5 Å². The van der Waals surface area contributed by atoms with Crippen molar-refractivity contribution in [2.45, 2.75) is 0 Å². The highest BCUT2D eigenvalue weighted by molar-refractivity contribution is 6.64. The summed E-state index contributed by atoms with van der Waals surface area (Å²) in [5.74, 6) is -0.209. The quantitative estimate of drug-likeness (QED) is 0.734. The van der Waals surface area contributed by atoms with Gasteiger partial charge in [-0.3, -0.25) is 14.8 Å². The summed E-state index contributed by atoms with van der Waals surface area (Å²) in [6.07, 6.45) is 3.49. The zero-order chi connectivity index (χ0) is 17.2. The number of rotatable bonds is 3. The monoisotopic (exact) mass is 333 g/mol. The molecule has 0 unspecified atom stereocenters. The Balaban J connectivity index is 1.70. The standard InChI is InChI=1S/C18H16BN3O3/c1-20-18(23)16-6-5-13(10-21-16)17-9-12-3-2-4-15(14(12)11-22-17)19-24-7-8-25-19/h2-6,9-11H,7-8H2,1H3,(H,20,23). The normalized spacial score (nSPS) is 14.0. The van der Waals surface area contributed by atoms with E-state index in [9.17, 15) is 4.79 Å². The summed E-state index contributed by atoms with van der Waals surface area (Å²) in [4.78, 5) is 20.3. The molecule has 1 amide bonds. The summed E-state index contributed by atoms with van der Waals surface area (Å²) < 4.78 is 11.2. The first-order chi connectivity index (χ1) is 12.3. The summed E-state index contributed by atoms with van der Waals surface area (Å²) in [7, 11) is 1.25. The van der Waals surface area contributed by atoms with E-state index >= 15 is 0 Å². The highest BCUT2D eigenvalue weighted by atomic mass is 16.6. The second-order valence-corrected chi connectivity index (χ2v) is 5.72. The molecule has 0 saturated carbocycles. The van der Waals surface area contributed by atoms with Gasteiger partial charge in [0.15, 0.2) is 0 Å². The van der Waals surface area contributed by atoms with E-state index in [-0.39, 0.29) is 13.0 Å². The molecule has 1 saturated heterocycles. The molecule has 4 rings (SSSR count). The van der Waals surface area contributed by atoms with E-state index in [2.05, 4.69) is 15.3 Å². The van der Waals surface area contributed by atoms with Crippen LogP contribution in [0.25, 0.3) is 22.0 Å². The molecule has 7 heteroatoms. The Labute approximate surface area is 145 Å². The Hall–Kier alpha value is -2.77. The molecule has 0 aliphatic carbocycles. The van der Waals surface area contributed by atoms with Crippen LogP contribution in [0.4, 0.5) is 0 Å². The Bertz CT molecular complexity index is 925. The lowest BCUT2D eigenvalue weighted by atomic mass is 9.77. The highest BCUT2D eigenvalue weighted by Gasteiger charge is 2.27. The molecule has 124 valence electrons. The van der Waals surface area contributed by atoms with Crippen molar-refractivity contribution in [3.8, 4) is 11.3 Å². The molecule has 3 heterocycles. The van der Waals surface area contributed by atoms with Crippen molar-refractivity contribution in [3.63, 3.8) is 0 Å². The molecule has 1 N–H and O–H groups in total. The highest BCUT2D eigenvalue weighted by Crippen LogP contribution is 2.21. The number of carbonyl (C=O) groups is 1. The van der Waals surface area contributed by atoms with Crippen LogP contribution in [-0.2, 0) is 9.31 Å². The van der Waals surface area contributed by atoms with Crippen molar-refractivity contribution < 1.29 is 14.1 Å². The first-order valence-corrected chi connectivity index (χ1v) is 8.06. The summed E-state index contributed by atoms with van der Waals surface area (Å²) in [5.41, 5.74) is 3.02. The minimum atomic E-state index is -0.329. The Morgan fingerprint density at radius 2 is 1.96 bits per heavy atom. The maximum atomic E-state index is 11.6. The van der Waals surface area contributed by atoms with Crippen LogP contribution in [0.5, 0.6) is 0 Å². The average Bonchev–Trinajstić information content (AvgIpc) is 3.21. The van der Waals surface area contributed by atoms with E-state index in [0.717, 1.165) is 27.5 Å². The lowest BCUT2D eigenvalue weighted by Gasteiger charge is -2.10. The average molecular weight is 333 g/mol. The minimum Gasteiger partial charge on any atom is -0.405 e. The van der Waals surface area contributed by atoms with Crippen LogP contribution in [0, 0.1) is 0 Å². The van der Waals surface area contributed by atoms with Gasteiger partial charge in [0.2, 0.25) is 0 Å². The van der Waals surface area contributed by atoms with E-state index < -0.39 is 0 Å². The molecular weight excluding hydrogens is 317 g/mol. The fourth-order valence-corrected chi connectivity index (χ4v) is 2.90. The van der Waals surface area contributed by atoms with Crippen LogP contribution < -0.4 is 10.8 Å². The minimum absolute atomic E-state index is 0.209. The van der Waals surface area contributed by atoms with Gasteiger partial charge in [-0.15, -0.1) is 0 Å². The molecule has 0 atom stereocenters. The van der Waals surface area contributed by atoms with Crippen LogP contribution in [0.15, 0.2) is 48.8 Å². The van der Waals surface area contributed by atoms with Gasteiger partial charge in [0.25, 0.3) is 5.91 Å². The van der Waals surface area contributed by atoms with E-state index in [0.29, 0.717) is 18.9 Å². The van der Waals surface area contributed by atoms with Gasteiger partial charge in [-0.05, 0) is 34.4 Å². The molecule has 2 aromatic heterocycles. The molecule has 0 radical (unpaired) electrons. The maximum absolute atomic E-state index is 11.6. The van der Waals surface area contributed by atoms with Crippen LogP contribution in [0.3, 0.4) is 0 Å². The maximum Gasteiger partial charge on any atom is 0.494 e. The molecule has 6 nitrogen and oxygen atoms in total. The smallest absolute Gasteiger partial charge is 0.405 e. The van der Waals surface area contributed by atoms with E-state index in [4.69, 9.17) is 9.31 Å². The number of nitrogens with one attached hydrogen (secondary N) is 1. The lowest BCUT2D eigenvalue weighted by molar-refractivity contribution is 0.0958. The first kappa shape index (κ1) is 15.7. The van der Waals surface area contributed by atoms with Crippen LogP contribution in [0.2, 0.25) is 0 Å². The molecule has 1 fully saturated rings. The van der Waals surface area contributed by atoms with Crippen LogP contribution >= 0.6 is 0 Å². The van der Waals surface area contributed by atoms with Crippen molar-refractivity contribution in [1.29, 1.82) is 0 Å². The van der Waals surface area contributed by atoms with Crippen LogP contribution in [0.1, 0.15) is 10.5 Å². The summed E-state index contributed by atoms with van der Waals surface area (Å²) in [5, 5.41) is 4.62. The van der Waals surface area contributed by atoms with Gasteiger partial charge in [0.1, 0.15) is 5.69 Å². The number of fused-ring (bicyclic) bond motifs is 1. The number of aromatic nitrogens is 2. The van der Waals surface area contributed by atoms with Gasteiger partial charge in [-0.2, -0.15) is 0 Å². The van der Waals surface area contributed by atoms with Crippen molar-refractivity contribution >= 4 is 29.3 Å². The zero-order valence-electron chi connectivity index (χ0n) is 13.7. The third-order valence-corrected chi connectivity index (χ3v) is 4.19. The molecule has 0 spiro atoms. The molecule has 0 bridgehead atoms. The molecule has 1 aliphatic rings. The fraction of sp³-hybridized carbons (Fsp3) is 0.167. The Kier molecular flexibility index (Phi) is 4.17. The predicted octanol–water partition coefficient (Wildman–Crippen LogP) is 1.40. The number of hydrogen-bond acceptors (Lipinski definition) is 5. The number of hydrogen-bond donors (Lipinski definition) is 1. The second kappa shape index (κ2) is 6.62. The van der Waals surface area contributed by atoms with Gasteiger partial charge in [0, 0.05) is 25.0 Å². The molecular formula is C18H16BN3O3. The number of pyridine rings is 2. The Morgan fingerprint density at radius 1 is 1.12 bits per heavy atom. The topological polar surface area (TPSA) is 73.3 Å². The zero-order valence-corrected chi connectivity index (χ0v) is 13.7. The lowest BCUT2D eigenvalue weighted by Crippen LogP contribution is -2.32. The van der Waals surface area contributed by atoms with Crippen LogP contribution in [-0.4, -0.2) is 43.3 Å². The van der Waals surface area contributed by atoms with E-state index in [1.54, 1.807) is 19.3 Å². The predicted molar refractivity (Wildman–Crippen MR) is 95.7 cm³/mol. The van der Waals surface area contributed by atoms with Gasteiger partial charge in [-0.25, -0.2) is 0 Å². The Morgan fingerprint density at radius 3 is 2.68 bits per heavy atom. The number of benzene rings is 1. The molecule has 1 aromatic carbocycles. The van der Waals surface area contributed by atoms with Gasteiger partial charge in [-0.1, -0.05) is 18.2 Å². The summed E-state index contributed by atoms with van der Waals surface area (Å²) >= 11 is 0. The summed E-state index contributed by atoms with van der Waals surface area (Å²) in [6, 6.07) is 11.6. The first-order valence-electron chi connectivity index (χ1n) is 8.06. The number of amides is 1. The van der Waals surface area contributed by atoms with E-state index in [1.807, 2.05) is 36.5 Å². The largest absolute Gasteiger partial charge is 0.494 e. The fourth-order valence-electron chi connectivity index (χ4n) is 2.90. The van der Waals surface area contributed by atoms with Crippen molar-refractivity contribution in [2.75, 3.05) is 20.3 Å². The van der Waals surface area contributed by atoms with Crippen molar-refractivity contribution in [2.24, 2.45) is 0 Å². The second-order valence-electron chi connectivity index (χ2n) is 5.72. The molecule has 25 heavy (non-hydrogen) atoms. The van der Waals surface area contributed by atoms with Crippen molar-refractivity contribution in [1.82, 2.24) is 15.3 Å². The van der Waals surface area contributed by atoms with Gasteiger partial charge in [0.05, 0.1) is 18.9 Å². The molecule has 1 aliphatic heterocycles. The third kappa shape index (κ3) is 2.99. The van der Waals surface area contributed by atoms with Gasteiger partial charge >= 0.3 is 7.12 Å². The SMILES string of the molecule is CNC(=O)c1ccc(-c2cc3cccc(B4OCCO4)c3cn2)cn1.